The van der Waals surface area contributed by atoms with Crippen molar-refractivity contribution in [3.05, 3.63) is 52.3 Å². The molecule has 0 amide bonds. The van der Waals surface area contributed by atoms with Crippen LogP contribution in [0.3, 0.4) is 0 Å². The van der Waals surface area contributed by atoms with Gasteiger partial charge in [-0.2, -0.15) is 5.10 Å². The third-order valence-electron chi connectivity index (χ3n) is 6.61. The molecule has 152 valence electrons. The third-order valence-corrected chi connectivity index (χ3v) is 6.86. The number of morpholine rings is 1. The van der Waals surface area contributed by atoms with Crippen LogP contribution >= 0.6 is 11.6 Å². The number of aromatic nitrogens is 2. The number of ether oxygens (including phenoxy) is 1. The Balaban J connectivity index is 1.41. The van der Waals surface area contributed by atoms with Gasteiger partial charge >= 0.3 is 0 Å². The Kier molecular flexibility index (Phi) is 6.10. The van der Waals surface area contributed by atoms with Gasteiger partial charge < -0.3 is 4.74 Å². The molecule has 2 heterocycles. The minimum atomic E-state index is 0.317. The van der Waals surface area contributed by atoms with Gasteiger partial charge in [0.05, 0.1) is 18.4 Å². The number of rotatable bonds is 4. The van der Waals surface area contributed by atoms with Gasteiger partial charge in [0.2, 0.25) is 0 Å². The summed E-state index contributed by atoms with van der Waals surface area (Å²) in [5.74, 6) is 0.615. The Morgan fingerprint density at radius 2 is 1.86 bits per heavy atom. The SMILES string of the molecule is Cc1cc(C2CCC(N3CC(C)OCC3Cc3ccc(Cl)cc3)CC2)nn1C. The monoisotopic (exact) mass is 401 g/mol. The molecule has 1 aliphatic carbocycles. The summed E-state index contributed by atoms with van der Waals surface area (Å²) in [6, 6.07) is 11.7. The molecule has 1 aromatic heterocycles. The van der Waals surface area contributed by atoms with E-state index in [9.17, 15) is 0 Å². The lowest BCUT2D eigenvalue weighted by Gasteiger charge is -2.45. The zero-order valence-corrected chi connectivity index (χ0v) is 18.0. The molecule has 28 heavy (non-hydrogen) atoms. The molecule has 4 rings (SSSR count). The van der Waals surface area contributed by atoms with Gasteiger partial charge in [0, 0.05) is 42.3 Å². The molecule has 2 aliphatic rings. The van der Waals surface area contributed by atoms with Crippen molar-refractivity contribution in [2.75, 3.05) is 13.2 Å². The van der Waals surface area contributed by atoms with Crippen molar-refractivity contribution in [2.45, 2.75) is 70.1 Å². The van der Waals surface area contributed by atoms with E-state index < -0.39 is 0 Å². The molecule has 0 radical (unpaired) electrons. The Bertz CT molecular complexity index is 760. The van der Waals surface area contributed by atoms with Gasteiger partial charge in [-0.3, -0.25) is 9.58 Å². The molecule has 0 spiro atoms. The Morgan fingerprint density at radius 3 is 2.50 bits per heavy atom. The third kappa shape index (κ3) is 4.45. The lowest BCUT2D eigenvalue weighted by Crippen LogP contribution is -2.54. The van der Waals surface area contributed by atoms with Crippen molar-refractivity contribution >= 4 is 11.6 Å². The molecule has 2 unspecified atom stereocenters. The molecule has 1 aromatic carbocycles. The van der Waals surface area contributed by atoms with Crippen LogP contribution in [0, 0.1) is 6.92 Å². The first-order valence-corrected chi connectivity index (χ1v) is 11.0. The van der Waals surface area contributed by atoms with E-state index in [-0.39, 0.29) is 0 Å². The normalized spacial score (nSPS) is 29.1. The second kappa shape index (κ2) is 8.56. The average Bonchev–Trinajstić information content (AvgIpc) is 3.04. The minimum Gasteiger partial charge on any atom is -0.376 e. The summed E-state index contributed by atoms with van der Waals surface area (Å²) in [4.78, 5) is 2.74. The van der Waals surface area contributed by atoms with Crippen LogP contribution in [0.1, 0.15) is 55.5 Å². The lowest BCUT2D eigenvalue weighted by atomic mass is 9.82. The van der Waals surface area contributed by atoms with E-state index in [1.807, 2.05) is 23.9 Å². The van der Waals surface area contributed by atoms with Crippen LogP contribution < -0.4 is 0 Å². The van der Waals surface area contributed by atoms with Gasteiger partial charge in [-0.25, -0.2) is 0 Å². The van der Waals surface area contributed by atoms with Crippen LogP contribution in [0.15, 0.2) is 30.3 Å². The lowest BCUT2D eigenvalue weighted by molar-refractivity contribution is -0.0769. The van der Waals surface area contributed by atoms with Gasteiger partial charge in [0.1, 0.15) is 0 Å². The number of benzene rings is 1. The summed E-state index contributed by atoms with van der Waals surface area (Å²) in [7, 11) is 2.04. The molecule has 0 N–H and O–H groups in total. The van der Waals surface area contributed by atoms with Crippen molar-refractivity contribution in [1.29, 1.82) is 0 Å². The molecule has 1 saturated heterocycles. The van der Waals surface area contributed by atoms with Gasteiger partial charge in [-0.05, 0) is 69.7 Å². The molecule has 5 heteroatoms. The molecule has 1 aliphatic heterocycles. The number of nitrogens with zero attached hydrogens (tertiary/aromatic N) is 3. The summed E-state index contributed by atoms with van der Waals surface area (Å²) in [5.41, 5.74) is 3.88. The van der Waals surface area contributed by atoms with Crippen molar-refractivity contribution in [1.82, 2.24) is 14.7 Å². The van der Waals surface area contributed by atoms with Crippen LogP contribution in [0.2, 0.25) is 5.02 Å². The van der Waals surface area contributed by atoms with Crippen molar-refractivity contribution < 1.29 is 4.74 Å². The first kappa shape index (κ1) is 19.9. The predicted molar refractivity (Wildman–Crippen MR) is 114 cm³/mol. The highest BCUT2D eigenvalue weighted by Crippen LogP contribution is 2.36. The standard InChI is InChI=1S/C23H32ClN3O/c1-16-12-23(25-26(16)3)19-6-10-21(11-7-19)27-14-17(2)28-15-22(27)13-18-4-8-20(24)9-5-18/h4-5,8-9,12,17,19,21-22H,6-7,10-11,13-15H2,1-3H3. The molecule has 2 fully saturated rings. The average molecular weight is 402 g/mol. The maximum absolute atomic E-state index is 6.06. The first-order valence-electron chi connectivity index (χ1n) is 10.6. The van der Waals surface area contributed by atoms with Crippen LogP contribution in [0.25, 0.3) is 0 Å². The summed E-state index contributed by atoms with van der Waals surface area (Å²) in [5, 5.41) is 5.54. The van der Waals surface area contributed by atoms with Crippen LogP contribution in [0.4, 0.5) is 0 Å². The maximum Gasteiger partial charge on any atom is 0.0674 e. The molecular weight excluding hydrogens is 370 g/mol. The summed E-state index contributed by atoms with van der Waals surface area (Å²) < 4.78 is 8.04. The number of hydrogen-bond acceptors (Lipinski definition) is 3. The van der Waals surface area contributed by atoms with E-state index in [2.05, 4.69) is 36.9 Å². The fourth-order valence-electron chi connectivity index (χ4n) is 4.88. The quantitative estimate of drug-likeness (QED) is 0.741. The predicted octanol–water partition coefficient (Wildman–Crippen LogP) is 4.74. The molecule has 1 saturated carbocycles. The van der Waals surface area contributed by atoms with E-state index in [1.54, 1.807) is 0 Å². The maximum atomic E-state index is 6.06. The first-order chi connectivity index (χ1) is 13.5. The molecule has 2 aromatic rings. The second-order valence-electron chi connectivity index (χ2n) is 8.66. The minimum absolute atomic E-state index is 0.317. The second-order valence-corrected chi connectivity index (χ2v) is 9.10. The fourth-order valence-corrected chi connectivity index (χ4v) is 5.00. The zero-order chi connectivity index (χ0) is 19.7. The molecular formula is C23H32ClN3O. The van der Waals surface area contributed by atoms with E-state index >= 15 is 0 Å². The topological polar surface area (TPSA) is 30.3 Å². The Hall–Kier alpha value is -1.36. The van der Waals surface area contributed by atoms with Crippen LogP contribution in [-0.2, 0) is 18.2 Å². The van der Waals surface area contributed by atoms with E-state index in [1.165, 1.54) is 42.6 Å². The largest absolute Gasteiger partial charge is 0.376 e. The van der Waals surface area contributed by atoms with Crippen molar-refractivity contribution in [2.24, 2.45) is 7.05 Å². The zero-order valence-electron chi connectivity index (χ0n) is 17.3. The van der Waals surface area contributed by atoms with Crippen molar-refractivity contribution in [3.63, 3.8) is 0 Å². The summed E-state index contributed by atoms with van der Waals surface area (Å²) in [6.45, 7) is 6.20. The van der Waals surface area contributed by atoms with Crippen LogP contribution in [-0.4, -0.2) is 46.0 Å². The fraction of sp³-hybridized carbons (Fsp3) is 0.609. The summed E-state index contributed by atoms with van der Waals surface area (Å²) >= 11 is 6.06. The van der Waals surface area contributed by atoms with Gasteiger partial charge in [0.15, 0.2) is 0 Å². The highest BCUT2D eigenvalue weighted by atomic mass is 35.5. The molecule has 2 atom stereocenters. The van der Waals surface area contributed by atoms with E-state index in [4.69, 9.17) is 21.4 Å². The number of hydrogen-bond donors (Lipinski definition) is 0. The number of aryl methyl sites for hydroxylation is 2. The smallest absolute Gasteiger partial charge is 0.0674 e. The van der Waals surface area contributed by atoms with E-state index in [0.717, 1.165) is 24.6 Å². The van der Waals surface area contributed by atoms with Crippen LogP contribution in [0.5, 0.6) is 0 Å². The number of halogens is 1. The Morgan fingerprint density at radius 1 is 1.14 bits per heavy atom. The van der Waals surface area contributed by atoms with Gasteiger partial charge in [-0.15, -0.1) is 0 Å². The van der Waals surface area contributed by atoms with Crippen molar-refractivity contribution in [3.8, 4) is 0 Å². The van der Waals surface area contributed by atoms with Gasteiger partial charge in [0.25, 0.3) is 0 Å². The Labute approximate surface area is 173 Å². The van der Waals surface area contributed by atoms with Gasteiger partial charge in [-0.1, -0.05) is 23.7 Å². The van der Waals surface area contributed by atoms with E-state index in [0.29, 0.717) is 24.1 Å². The molecule has 4 nitrogen and oxygen atoms in total. The highest BCUT2D eigenvalue weighted by molar-refractivity contribution is 6.30. The molecule has 0 bridgehead atoms. The summed E-state index contributed by atoms with van der Waals surface area (Å²) in [6.07, 6.45) is 6.33. The highest BCUT2D eigenvalue weighted by Gasteiger charge is 2.35.